The predicted octanol–water partition coefficient (Wildman–Crippen LogP) is 21.6. The molecule has 11 aromatic carbocycles. The van der Waals surface area contributed by atoms with Gasteiger partial charge in [-0.05, 0) is 129 Å². The van der Waals surface area contributed by atoms with Gasteiger partial charge in [0.2, 0.25) is 11.0 Å². The van der Waals surface area contributed by atoms with Crippen molar-refractivity contribution in [1.82, 2.24) is 39.9 Å². The number of pyridine rings is 2. The molecule has 1 unspecified atom stereocenters. The number of nitrogens with zero attached hydrogens (tertiary/aromatic N) is 14. The van der Waals surface area contributed by atoms with Crippen molar-refractivity contribution in [2.45, 2.75) is 40.7 Å². The molecule has 0 aliphatic heterocycles. The average molecular weight is 1760 g/mol. The standard InChI is InChI=1S/C36H22S.C18N12.C17H14N.C12H10N.C5H10O2.2Ir/c1-2-13-29-27(11-1)28-12-3-4-14-30(28)34-22-24(19-20-31(29)34)23-9-7-10-25(21-23)26-16-8-17-33-32-15-5-6-18-35(32)37-36(26)33;1-22-16-9(6-21)27-12-10-11(26-8(5-20)7(4-19)25-10)14-15(13(12)28-16)30-18(24-3)17(23-2)29-14;1-12-9-13(2)11-15(10-12)17-8-7-14-5-3-4-6-16(14)18-17;1-10-6-5-9-13-12(10)11-7-3-2-4-8-11;1-4(6)3-5(2)7;;/h1-22H;;3-10H,1-2H3;2-7,9H,1H3;3-4,6-7H,1-2H3;;/q;;2*-1;;;. The summed E-state index contributed by atoms with van der Waals surface area (Å²) in [4.78, 5) is 43.4. The normalized spacial score (nSPS) is 10.9. The van der Waals surface area contributed by atoms with Crippen LogP contribution >= 0.6 is 11.3 Å². The summed E-state index contributed by atoms with van der Waals surface area (Å²) in [5.74, 6) is -0.728. The van der Waals surface area contributed by atoms with Gasteiger partial charge in [-0.15, -0.1) is 97.1 Å². The second-order valence-corrected chi connectivity index (χ2v) is 25.4. The molecule has 0 fully saturated rings. The molecule has 17 aromatic rings. The molecule has 0 aliphatic carbocycles. The molecular weight excluding hydrogens is 1700 g/mol. The van der Waals surface area contributed by atoms with Crippen molar-refractivity contribution in [1.29, 1.82) is 15.8 Å². The van der Waals surface area contributed by atoms with E-state index in [1.165, 1.54) is 104 Å². The maximum absolute atomic E-state index is 9.30. The van der Waals surface area contributed by atoms with E-state index in [1.54, 1.807) is 25.1 Å². The first kappa shape index (κ1) is 74.9. The number of aryl methyl sites for hydroxylation is 3. The second kappa shape index (κ2) is 33.5. The summed E-state index contributed by atoms with van der Waals surface area (Å²) in [5.41, 5.74) is 12.9. The number of aliphatic hydroxyl groups is 2. The number of fused-ring (bicyclic) bond motifs is 16. The van der Waals surface area contributed by atoms with Gasteiger partial charge in [-0.2, -0.15) is 15.8 Å². The number of hydrogen-bond acceptors (Lipinski definition) is 14. The van der Waals surface area contributed by atoms with Crippen LogP contribution in [0.5, 0.6) is 0 Å². The van der Waals surface area contributed by atoms with E-state index < -0.39 is 6.10 Å². The van der Waals surface area contributed by atoms with Gasteiger partial charge in [-0.1, -0.05) is 191 Å². The van der Waals surface area contributed by atoms with Gasteiger partial charge >= 0.3 is 5.82 Å². The molecule has 6 heterocycles. The maximum Gasteiger partial charge on any atom is 0.307 e. The summed E-state index contributed by atoms with van der Waals surface area (Å²) in [6.07, 6.45) is 2.63. The van der Waals surface area contributed by atoms with Gasteiger partial charge in [0.15, 0.2) is 17.1 Å². The SMILES string of the molecule is CC(O)=CC(C)O.Cc1[c-]c(-c2ccc3ccccc3n2)cc(C)c1.Cc1cccnc1-c1[c-]cccc1.[C-]#[N+]c1nc2c(nc1C#N)c1nc(C#N)c(C#N)nc1c1nc([N+]#[C-])c([N+]#[C-])nc21.[Ir].[Ir].c1cc(-c2ccc3c4ccccc4c4ccccc4c3c2)cc(-c2cccc3c2sc2ccccc23)c1. The Hall–Kier alpha value is -13.3. The van der Waals surface area contributed by atoms with E-state index in [9.17, 15) is 15.8 Å². The number of para-hydroxylation sites is 1. The molecule has 0 aliphatic rings. The molecule has 0 spiro atoms. The number of hydrogen-bond donors (Lipinski definition) is 2. The molecule has 0 bridgehead atoms. The van der Waals surface area contributed by atoms with Crippen LogP contribution in [-0.4, -0.2) is 56.2 Å². The van der Waals surface area contributed by atoms with E-state index >= 15 is 0 Å². The van der Waals surface area contributed by atoms with E-state index in [2.05, 4.69) is 252 Å². The molecule has 0 saturated heterocycles. The number of thiophene rings is 1. The molecule has 1 atom stereocenters. The fourth-order valence-corrected chi connectivity index (χ4v) is 13.8. The largest absolute Gasteiger partial charge is 0.513 e. The monoisotopic (exact) mass is 1760 g/mol. The topological polar surface area (TPSA) is 228 Å². The number of aliphatic hydroxyl groups excluding tert-OH is 2. The summed E-state index contributed by atoms with van der Waals surface area (Å²) >= 11 is 1.89. The van der Waals surface area contributed by atoms with Crippen molar-refractivity contribution < 1.29 is 50.4 Å². The smallest absolute Gasteiger partial charge is 0.307 e. The first-order valence-corrected chi connectivity index (χ1v) is 33.7. The zero-order chi connectivity index (χ0) is 73.3. The molecule has 516 valence electrons. The molecule has 107 heavy (non-hydrogen) atoms. The Balaban J connectivity index is 0.000000145. The fraction of sp³-hybridized carbons (Fsp3) is 0.0682. The quantitative estimate of drug-likeness (QED) is 0.0929. The van der Waals surface area contributed by atoms with Crippen molar-refractivity contribution in [2.75, 3.05) is 0 Å². The molecule has 6 aromatic heterocycles. The van der Waals surface area contributed by atoms with Crippen LogP contribution in [0.25, 0.3) is 156 Å². The summed E-state index contributed by atoms with van der Waals surface area (Å²) in [7, 11) is 0. The van der Waals surface area contributed by atoms with Crippen molar-refractivity contribution in [3.63, 3.8) is 0 Å². The van der Waals surface area contributed by atoms with Crippen LogP contribution in [0.2, 0.25) is 0 Å². The maximum atomic E-state index is 9.30. The van der Waals surface area contributed by atoms with Crippen LogP contribution < -0.4 is 0 Å². The number of benzene rings is 11. The van der Waals surface area contributed by atoms with E-state index in [4.69, 9.17) is 34.9 Å². The van der Waals surface area contributed by atoms with Gasteiger partial charge in [0.05, 0.1) is 17.4 Å². The predicted molar refractivity (Wildman–Crippen MR) is 418 cm³/mol. The van der Waals surface area contributed by atoms with E-state index in [0.29, 0.717) is 0 Å². The molecule has 0 amide bonds. The Bertz CT molecular complexity index is 6220. The summed E-state index contributed by atoms with van der Waals surface area (Å²) in [6.45, 7) is 31.0. The molecule has 0 saturated carbocycles. The third-order valence-corrected chi connectivity index (χ3v) is 18.3. The molecule has 17 rings (SSSR count). The summed E-state index contributed by atoms with van der Waals surface area (Å²) in [5, 5.41) is 56.5. The van der Waals surface area contributed by atoms with Crippen molar-refractivity contribution in [3.8, 4) is 63.0 Å². The second-order valence-electron chi connectivity index (χ2n) is 24.3. The van der Waals surface area contributed by atoms with E-state index in [1.807, 2.05) is 66.1 Å². The summed E-state index contributed by atoms with van der Waals surface area (Å²) < 4.78 is 2.70. The van der Waals surface area contributed by atoms with E-state index in [0.717, 1.165) is 33.6 Å². The number of aromatic nitrogens is 8. The minimum atomic E-state index is -0.537. The van der Waals surface area contributed by atoms with Crippen LogP contribution in [0.15, 0.2) is 236 Å². The Labute approximate surface area is 646 Å². The van der Waals surface area contributed by atoms with Gasteiger partial charge in [0.1, 0.15) is 34.8 Å². The molecule has 19 heteroatoms. The van der Waals surface area contributed by atoms with Crippen LogP contribution in [0.1, 0.15) is 47.6 Å². The molecule has 16 nitrogen and oxygen atoms in total. The third-order valence-electron chi connectivity index (χ3n) is 17.1. The molecule has 2 radical (unpaired) electrons. The number of allylic oxidation sites excluding steroid dienone is 1. The van der Waals surface area contributed by atoms with Crippen molar-refractivity contribution in [2.24, 2.45) is 0 Å². The van der Waals surface area contributed by atoms with Crippen LogP contribution in [0.4, 0.5) is 17.5 Å². The van der Waals surface area contributed by atoms with E-state index in [-0.39, 0.29) is 114 Å². The van der Waals surface area contributed by atoms with Crippen molar-refractivity contribution >= 4 is 125 Å². The van der Waals surface area contributed by atoms with Gasteiger partial charge in [0.25, 0.3) is 17.2 Å². The van der Waals surface area contributed by atoms with Gasteiger partial charge in [-0.3, -0.25) is 4.98 Å². The Morgan fingerprint density at radius 1 is 0.495 bits per heavy atom. The fourth-order valence-electron chi connectivity index (χ4n) is 12.6. The Morgan fingerprint density at radius 2 is 1.03 bits per heavy atom. The Morgan fingerprint density at radius 3 is 1.61 bits per heavy atom. The van der Waals surface area contributed by atoms with Crippen LogP contribution in [-0.2, 0) is 40.2 Å². The zero-order valence-corrected chi connectivity index (χ0v) is 63.4. The zero-order valence-electron chi connectivity index (χ0n) is 57.7. The first-order chi connectivity index (χ1) is 51.2. The van der Waals surface area contributed by atoms with Crippen LogP contribution in [0.3, 0.4) is 0 Å². The third kappa shape index (κ3) is 15.8. The van der Waals surface area contributed by atoms with Gasteiger partial charge in [-0.25, -0.2) is 15.0 Å². The number of nitriles is 3. The number of rotatable bonds is 5. The minimum absolute atomic E-state index is 0. The van der Waals surface area contributed by atoms with Crippen molar-refractivity contribution in [3.05, 3.63) is 317 Å². The summed E-state index contributed by atoms with van der Waals surface area (Å²) in [6, 6.07) is 89.3. The molecular formula is C88H56Ir2N14O2S-2. The minimum Gasteiger partial charge on any atom is -0.513 e. The average Bonchev–Trinajstić information content (AvgIpc) is 1.34. The molecule has 2 N–H and O–H groups in total. The Kier molecular flexibility index (Phi) is 23.4. The van der Waals surface area contributed by atoms with Gasteiger partial charge in [0, 0.05) is 66.6 Å². The van der Waals surface area contributed by atoms with Crippen LogP contribution in [0, 0.1) is 86.6 Å². The van der Waals surface area contributed by atoms with Gasteiger partial charge < -0.3 is 29.7 Å². The first-order valence-electron chi connectivity index (χ1n) is 32.9.